The van der Waals surface area contributed by atoms with Crippen LogP contribution in [-0.2, 0) is 27.0 Å². The first-order valence-corrected chi connectivity index (χ1v) is 11.9. The first-order chi connectivity index (χ1) is 15.0. The van der Waals surface area contributed by atoms with E-state index in [9.17, 15) is 9.00 Å². The second-order valence-corrected chi connectivity index (χ2v) is 10.1. The second-order valence-electron chi connectivity index (χ2n) is 7.21. The molecule has 2 aromatic rings. The van der Waals surface area contributed by atoms with Crippen LogP contribution in [0.15, 0.2) is 63.7 Å². The van der Waals surface area contributed by atoms with Crippen LogP contribution in [0.3, 0.4) is 0 Å². The Bertz CT molecular complexity index is 1020. The van der Waals surface area contributed by atoms with E-state index in [0.717, 1.165) is 17.7 Å². The number of oxime groups is 1. The van der Waals surface area contributed by atoms with Gasteiger partial charge in [0.05, 0.1) is 16.5 Å². The Morgan fingerprint density at radius 2 is 2.06 bits per heavy atom. The molecule has 1 aliphatic carbocycles. The van der Waals surface area contributed by atoms with E-state index in [1.54, 1.807) is 30.5 Å². The minimum absolute atomic E-state index is 0.0298. The van der Waals surface area contributed by atoms with E-state index in [4.69, 9.17) is 4.84 Å². The summed E-state index contributed by atoms with van der Waals surface area (Å²) in [6.45, 7) is 2.08. The monoisotopic (exact) mass is 457 g/mol. The van der Waals surface area contributed by atoms with Gasteiger partial charge in [0.2, 0.25) is 0 Å². The molecule has 2 unspecified atom stereocenters. The molecule has 1 amide bonds. The first kappa shape index (κ1) is 21.7. The van der Waals surface area contributed by atoms with Crippen molar-refractivity contribution in [1.29, 1.82) is 0 Å². The highest BCUT2D eigenvalue weighted by Gasteiger charge is 2.29. The molecule has 0 saturated heterocycles. The third kappa shape index (κ3) is 5.57. The Kier molecular flexibility index (Phi) is 6.79. The van der Waals surface area contributed by atoms with E-state index in [-0.39, 0.29) is 23.7 Å². The molecule has 0 radical (unpaired) electrons. The number of hydrogen-bond donors (Lipinski definition) is 1. The number of nitrogens with zero attached hydrogens (tertiary/aromatic N) is 4. The molecule has 2 heterocycles. The molecule has 1 aromatic carbocycles. The summed E-state index contributed by atoms with van der Waals surface area (Å²) in [4.78, 5) is 27.8. The number of hydrogen-bond acceptors (Lipinski definition) is 8. The zero-order chi connectivity index (χ0) is 21.8. The number of benzene rings is 1. The molecule has 1 fully saturated rings. The van der Waals surface area contributed by atoms with Crippen LogP contribution in [0.4, 0.5) is 0 Å². The fourth-order valence-corrected chi connectivity index (χ4v) is 4.96. The Morgan fingerprint density at radius 1 is 1.29 bits per heavy atom. The van der Waals surface area contributed by atoms with Crippen LogP contribution in [0.5, 0.6) is 0 Å². The minimum atomic E-state index is -1.01. The summed E-state index contributed by atoms with van der Waals surface area (Å²) in [6, 6.07) is 12.5. The van der Waals surface area contributed by atoms with E-state index < -0.39 is 16.7 Å². The molecule has 2 atom stereocenters. The lowest BCUT2D eigenvalue weighted by molar-refractivity contribution is -0.113. The Morgan fingerprint density at radius 3 is 2.68 bits per heavy atom. The zero-order valence-electron chi connectivity index (χ0n) is 17.2. The van der Waals surface area contributed by atoms with E-state index in [2.05, 4.69) is 20.4 Å². The zero-order valence-corrected chi connectivity index (χ0v) is 18.9. The van der Waals surface area contributed by atoms with Crippen molar-refractivity contribution in [1.82, 2.24) is 14.6 Å². The molecule has 8 nitrogen and oxygen atoms in total. The van der Waals surface area contributed by atoms with E-state index >= 15 is 0 Å². The molecule has 31 heavy (non-hydrogen) atoms. The molecule has 1 aromatic heterocycles. The van der Waals surface area contributed by atoms with Gasteiger partial charge in [-0.15, -0.1) is 0 Å². The first-order valence-electron chi connectivity index (χ1n) is 9.92. The van der Waals surface area contributed by atoms with Crippen molar-refractivity contribution in [3.63, 3.8) is 0 Å². The number of pyridine rings is 1. The minimum Gasteiger partial charge on any atom is -0.389 e. The number of amides is 1. The summed E-state index contributed by atoms with van der Waals surface area (Å²) in [5.41, 5.74) is 1.39. The van der Waals surface area contributed by atoms with Crippen LogP contribution in [0.1, 0.15) is 31.0 Å². The maximum absolute atomic E-state index is 13.0. The van der Waals surface area contributed by atoms with Gasteiger partial charge in [-0.1, -0.05) is 23.4 Å². The van der Waals surface area contributed by atoms with Crippen molar-refractivity contribution in [2.45, 2.75) is 42.7 Å². The molecule has 1 aliphatic heterocycles. The number of carbonyl (C=O) groups is 1. The second kappa shape index (κ2) is 9.71. The summed E-state index contributed by atoms with van der Waals surface area (Å²) in [7, 11) is 0.898. The van der Waals surface area contributed by atoms with Gasteiger partial charge in [-0.25, -0.2) is 9.30 Å². The fraction of sp³-hybridized carbons (Fsp3) is 0.333. The number of nitrogens with one attached hydrogen (secondary N) is 1. The van der Waals surface area contributed by atoms with Crippen LogP contribution in [0.2, 0.25) is 0 Å². The average molecular weight is 458 g/mol. The van der Waals surface area contributed by atoms with Crippen molar-refractivity contribution in [3.8, 4) is 0 Å². The fourth-order valence-electron chi connectivity index (χ4n) is 2.79. The predicted molar refractivity (Wildman–Crippen MR) is 122 cm³/mol. The summed E-state index contributed by atoms with van der Waals surface area (Å²) in [5.74, 6) is -0.425. The molecule has 0 spiro atoms. The van der Waals surface area contributed by atoms with Crippen molar-refractivity contribution in [3.05, 3.63) is 59.9 Å². The van der Waals surface area contributed by atoms with Crippen molar-refractivity contribution < 1.29 is 13.8 Å². The predicted octanol–water partition coefficient (Wildman–Crippen LogP) is 2.68. The normalized spacial score (nSPS) is 20.3. The van der Waals surface area contributed by atoms with E-state index in [1.165, 1.54) is 11.9 Å². The summed E-state index contributed by atoms with van der Waals surface area (Å²) in [6.07, 6.45) is 3.63. The van der Waals surface area contributed by atoms with Crippen molar-refractivity contribution in [2.24, 2.45) is 10.1 Å². The Balaban J connectivity index is 1.52. The van der Waals surface area contributed by atoms with E-state index in [0.29, 0.717) is 16.4 Å². The van der Waals surface area contributed by atoms with E-state index in [1.807, 2.05) is 36.5 Å². The van der Waals surface area contributed by atoms with Gasteiger partial charge in [0.15, 0.2) is 17.5 Å². The van der Waals surface area contributed by atoms with Gasteiger partial charge in [0.25, 0.3) is 5.91 Å². The van der Waals surface area contributed by atoms with Gasteiger partial charge in [-0.05, 0) is 56.0 Å². The average Bonchev–Trinajstić information content (AvgIpc) is 3.57. The lowest BCUT2D eigenvalue weighted by Crippen LogP contribution is -2.35. The van der Waals surface area contributed by atoms with Crippen LogP contribution in [0.25, 0.3) is 0 Å². The van der Waals surface area contributed by atoms with Gasteiger partial charge in [-0.2, -0.15) is 0 Å². The molecule has 0 bridgehead atoms. The van der Waals surface area contributed by atoms with Crippen LogP contribution in [-0.4, -0.2) is 48.7 Å². The topological polar surface area (TPSA) is 96.2 Å². The third-order valence-electron chi connectivity index (χ3n) is 4.78. The maximum atomic E-state index is 13.0. The largest absolute Gasteiger partial charge is 0.389 e. The third-order valence-corrected chi connectivity index (χ3v) is 7.57. The summed E-state index contributed by atoms with van der Waals surface area (Å²) in [5, 5.41) is 7.65. The molecular formula is C21H23N5O3S2. The highest BCUT2D eigenvalue weighted by atomic mass is 32.2. The number of aliphatic imine (C=N–C) groups is 1. The molecule has 1 saturated carbocycles. The molecule has 4 rings (SSSR count). The van der Waals surface area contributed by atoms with Crippen LogP contribution >= 0.6 is 11.9 Å². The number of carbonyl (C=O) groups excluding carboxylic acids is 1. The highest BCUT2D eigenvalue weighted by Crippen LogP contribution is 2.30. The molecular weight excluding hydrogens is 434 g/mol. The van der Waals surface area contributed by atoms with Gasteiger partial charge < -0.3 is 4.84 Å². The smallest absolute Gasteiger partial charge is 0.279 e. The van der Waals surface area contributed by atoms with Gasteiger partial charge >= 0.3 is 0 Å². The Hall–Kier alpha value is -2.56. The maximum Gasteiger partial charge on any atom is 0.279 e. The van der Waals surface area contributed by atoms with Gasteiger partial charge in [0.1, 0.15) is 6.17 Å². The highest BCUT2D eigenvalue weighted by molar-refractivity contribution is 8.12. The molecule has 2 aliphatic rings. The quantitative estimate of drug-likeness (QED) is 0.390. The number of amidine groups is 1. The van der Waals surface area contributed by atoms with Crippen molar-refractivity contribution in [2.75, 3.05) is 7.05 Å². The Labute approximate surface area is 187 Å². The molecule has 162 valence electrons. The SMILES string of the molecule is CC1N=C(NC(=O)/C(=N/OCc2ccccn2)c2ccc(S(=O)C3CC3)cc2)SN1C. The van der Waals surface area contributed by atoms with Crippen LogP contribution in [0, 0.1) is 0 Å². The lowest BCUT2D eigenvalue weighted by atomic mass is 10.1. The van der Waals surface area contributed by atoms with Crippen molar-refractivity contribution >= 4 is 39.5 Å². The van der Waals surface area contributed by atoms with Crippen LogP contribution < -0.4 is 5.32 Å². The van der Waals surface area contributed by atoms with Gasteiger partial charge in [-0.3, -0.25) is 19.3 Å². The summed E-state index contributed by atoms with van der Waals surface area (Å²) < 4.78 is 14.3. The lowest BCUT2D eigenvalue weighted by Gasteiger charge is -2.10. The standard InChI is InChI=1S/C21H23N5O3S2/c1-14-23-21(30-26(14)2)24-20(27)19(25-29-13-16-5-3-4-12-22-16)15-6-8-17(9-7-15)31(28)18-10-11-18/h3-9,12,14,18H,10-11,13H2,1-2H3,(H,23,24,27)/b25-19+. The molecule has 10 heteroatoms. The number of rotatable bonds is 7. The molecule has 1 N–H and O–H groups in total. The summed E-state index contributed by atoms with van der Waals surface area (Å²) >= 11 is 1.36. The number of aromatic nitrogens is 1. The van der Waals surface area contributed by atoms with Gasteiger partial charge in [0, 0.05) is 29.0 Å².